The molecule has 1 aliphatic carbocycles. The van der Waals surface area contributed by atoms with Crippen LogP contribution in [0.25, 0.3) is 0 Å². The van der Waals surface area contributed by atoms with Gasteiger partial charge in [-0.15, -0.1) is 11.6 Å². The van der Waals surface area contributed by atoms with E-state index in [9.17, 15) is 10.2 Å². The fraction of sp³-hybridized carbons (Fsp3) is 1.00. The Morgan fingerprint density at radius 2 is 1.82 bits per heavy atom. The third-order valence-corrected chi connectivity index (χ3v) is 8.71. The summed E-state index contributed by atoms with van der Waals surface area (Å²) in [4.78, 5) is 6.75. The summed E-state index contributed by atoms with van der Waals surface area (Å²) in [7, 11) is 2.06. The standard InChI is InChI=1S/C23H46ClN7O3/c1-3-30(9-8-15-4-6-16(24)7-5-15)11-10-29(2)12-17-19(32)20(33)23(34-17)31-14-28-18-21(25)26-13-27-22(18)31/h15-23,26-28,32-33H,3-14,25H2,1-2H3/t15?,16?,17-,18?,19-,20-,21?,22?,23-/m1/s1. The molecule has 0 spiro atoms. The lowest BCUT2D eigenvalue weighted by molar-refractivity contribution is -0.106. The first kappa shape index (κ1) is 26.9. The zero-order valence-electron chi connectivity index (χ0n) is 20.8. The maximum absolute atomic E-state index is 10.8. The van der Waals surface area contributed by atoms with Crippen molar-refractivity contribution < 1.29 is 14.9 Å². The Kier molecular flexibility index (Phi) is 9.84. The van der Waals surface area contributed by atoms with Crippen molar-refractivity contribution in [2.75, 3.05) is 53.1 Å². The molecule has 198 valence electrons. The van der Waals surface area contributed by atoms with E-state index in [-0.39, 0.29) is 18.4 Å². The minimum absolute atomic E-state index is 0.0217. The average molecular weight is 504 g/mol. The summed E-state index contributed by atoms with van der Waals surface area (Å²) in [6.07, 6.45) is 3.01. The first-order valence-corrected chi connectivity index (χ1v) is 13.6. The fourth-order valence-corrected chi connectivity index (χ4v) is 6.17. The molecule has 3 unspecified atom stereocenters. The summed E-state index contributed by atoms with van der Waals surface area (Å²) < 4.78 is 6.21. The molecular weight excluding hydrogens is 458 g/mol. The van der Waals surface area contributed by atoms with Crippen molar-refractivity contribution in [2.45, 2.75) is 87.3 Å². The first-order valence-electron chi connectivity index (χ1n) is 13.2. The Bertz CT molecular complexity index is 629. The number of nitrogens with zero attached hydrogens (tertiary/aromatic N) is 3. The SMILES string of the molecule is CCN(CCC1CCC(Cl)CC1)CCN(C)C[C@H]1O[C@@H](N2CNC3C(N)NCNC32)[C@H](O)[C@@H]1O. The number of ether oxygens (including phenoxy) is 1. The summed E-state index contributed by atoms with van der Waals surface area (Å²) in [5.74, 6) is 0.811. The Labute approximate surface area is 209 Å². The Morgan fingerprint density at radius 3 is 2.56 bits per heavy atom. The van der Waals surface area contributed by atoms with Crippen LogP contribution in [-0.4, -0.2) is 126 Å². The second-order valence-corrected chi connectivity index (χ2v) is 11.2. The van der Waals surface area contributed by atoms with Crippen LogP contribution < -0.4 is 21.7 Å². The Balaban J connectivity index is 1.21. The summed E-state index contributed by atoms with van der Waals surface area (Å²) in [6, 6.07) is 0.0217. The van der Waals surface area contributed by atoms with Gasteiger partial charge in [0.25, 0.3) is 0 Å². The molecule has 10 nitrogen and oxygen atoms in total. The average Bonchev–Trinajstić information content (AvgIpc) is 3.38. The lowest BCUT2D eigenvalue weighted by Crippen LogP contribution is -2.68. The zero-order chi connectivity index (χ0) is 24.2. The first-order chi connectivity index (χ1) is 16.4. The van der Waals surface area contributed by atoms with E-state index in [1.54, 1.807) is 0 Å². The number of alkyl halides is 1. The van der Waals surface area contributed by atoms with E-state index in [2.05, 4.69) is 39.7 Å². The van der Waals surface area contributed by atoms with Crippen LogP contribution in [0, 0.1) is 5.92 Å². The van der Waals surface area contributed by atoms with Crippen molar-refractivity contribution in [2.24, 2.45) is 11.7 Å². The molecule has 34 heavy (non-hydrogen) atoms. The quantitative estimate of drug-likeness (QED) is 0.204. The number of fused-ring (bicyclic) bond motifs is 1. The molecule has 7 N–H and O–H groups in total. The highest BCUT2D eigenvalue weighted by molar-refractivity contribution is 6.20. The molecule has 3 heterocycles. The predicted octanol–water partition coefficient (Wildman–Crippen LogP) is -1.13. The lowest BCUT2D eigenvalue weighted by Gasteiger charge is -2.38. The van der Waals surface area contributed by atoms with E-state index in [4.69, 9.17) is 22.1 Å². The maximum Gasteiger partial charge on any atom is 0.142 e. The summed E-state index contributed by atoms with van der Waals surface area (Å²) in [5.41, 5.74) is 6.17. The largest absolute Gasteiger partial charge is 0.387 e. The molecule has 4 aliphatic rings. The number of aliphatic hydroxyl groups is 2. The predicted molar refractivity (Wildman–Crippen MR) is 133 cm³/mol. The van der Waals surface area contributed by atoms with Crippen molar-refractivity contribution in [1.29, 1.82) is 0 Å². The number of halogens is 1. The second-order valence-electron chi connectivity index (χ2n) is 10.6. The topological polar surface area (TPSA) is 122 Å². The van der Waals surface area contributed by atoms with E-state index < -0.39 is 24.5 Å². The maximum atomic E-state index is 10.8. The number of nitrogens with two attached hydrogens (primary N) is 1. The molecule has 0 bridgehead atoms. The summed E-state index contributed by atoms with van der Waals surface area (Å²) >= 11 is 6.25. The van der Waals surface area contributed by atoms with Crippen LogP contribution in [0.2, 0.25) is 0 Å². The highest BCUT2D eigenvalue weighted by Crippen LogP contribution is 2.30. The van der Waals surface area contributed by atoms with Crippen LogP contribution in [-0.2, 0) is 4.74 Å². The molecule has 0 aromatic rings. The van der Waals surface area contributed by atoms with Gasteiger partial charge in [-0.3, -0.25) is 16.0 Å². The van der Waals surface area contributed by atoms with Gasteiger partial charge in [-0.25, -0.2) is 4.90 Å². The van der Waals surface area contributed by atoms with Crippen LogP contribution >= 0.6 is 11.6 Å². The smallest absolute Gasteiger partial charge is 0.142 e. The summed E-state index contributed by atoms with van der Waals surface area (Å²) in [6.45, 7) is 7.99. The van der Waals surface area contributed by atoms with Crippen LogP contribution in [0.15, 0.2) is 0 Å². The molecule has 0 radical (unpaired) electrons. The molecule has 3 saturated heterocycles. The minimum atomic E-state index is -0.956. The molecule has 4 rings (SSSR count). The number of nitrogens with one attached hydrogen (secondary N) is 3. The number of aliphatic hydroxyl groups excluding tert-OH is 2. The molecular formula is C23H46ClN7O3. The van der Waals surface area contributed by atoms with Gasteiger partial charge in [0.15, 0.2) is 0 Å². The normalized spacial score (nSPS) is 41.5. The van der Waals surface area contributed by atoms with E-state index in [0.717, 1.165) is 44.9 Å². The third-order valence-electron chi connectivity index (χ3n) is 8.27. The van der Waals surface area contributed by atoms with E-state index in [0.29, 0.717) is 25.3 Å². The Morgan fingerprint density at radius 1 is 1.06 bits per heavy atom. The van der Waals surface area contributed by atoms with Crippen LogP contribution in [0.4, 0.5) is 0 Å². The van der Waals surface area contributed by atoms with Gasteiger partial charge in [-0.1, -0.05) is 6.92 Å². The lowest BCUT2D eigenvalue weighted by atomic mass is 9.86. The molecule has 4 fully saturated rings. The van der Waals surface area contributed by atoms with Gasteiger partial charge in [-0.2, -0.15) is 0 Å². The number of likely N-dealkylation sites (N-methyl/N-ethyl adjacent to an activating group) is 2. The molecule has 0 aromatic carbocycles. The van der Waals surface area contributed by atoms with Crippen molar-refractivity contribution in [3.63, 3.8) is 0 Å². The highest BCUT2D eigenvalue weighted by Gasteiger charge is 2.51. The monoisotopic (exact) mass is 503 g/mol. The molecule has 7 atom stereocenters. The zero-order valence-corrected chi connectivity index (χ0v) is 21.5. The number of hydrogen-bond acceptors (Lipinski definition) is 10. The number of rotatable bonds is 10. The Hall–Kier alpha value is -0.110. The molecule has 0 aromatic heterocycles. The third kappa shape index (κ3) is 6.41. The minimum Gasteiger partial charge on any atom is -0.387 e. The van der Waals surface area contributed by atoms with E-state index >= 15 is 0 Å². The van der Waals surface area contributed by atoms with Gasteiger partial charge < -0.3 is 30.5 Å². The van der Waals surface area contributed by atoms with Crippen LogP contribution in [0.3, 0.4) is 0 Å². The van der Waals surface area contributed by atoms with Crippen molar-refractivity contribution in [1.82, 2.24) is 30.7 Å². The van der Waals surface area contributed by atoms with E-state index in [1.165, 1.54) is 19.3 Å². The fourth-order valence-electron chi connectivity index (χ4n) is 5.92. The van der Waals surface area contributed by atoms with Crippen molar-refractivity contribution in [3.8, 4) is 0 Å². The number of hydrogen-bond donors (Lipinski definition) is 6. The van der Waals surface area contributed by atoms with Gasteiger partial charge in [0, 0.05) is 31.7 Å². The van der Waals surface area contributed by atoms with Gasteiger partial charge in [0.1, 0.15) is 24.5 Å². The molecule has 1 saturated carbocycles. The molecule has 11 heteroatoms. The van der Waals surface area contributed by atoms with Gasteiger partial charge in [0.2, 0.25) is 0 Å². The summed E-state index contributed by atoms with van der Waals surface area (Å²) in [5, 5.41) is 31.8. The molecule has 3 aliphatic heterocycles. The van der Waals surface area contributed by atoms with Crippen LogP contribution in [0.5, 0.6) is 0 Å². The van der Waals surface area contributed by atoms with Crippen molar-refractivity contribution >= 4 is 11.6 Å². The van der Waals surface area contributed by atoms with Gasteiger partial charge in [0.05, 0.1) is 25.0 Å². The van der Waals surface area contributed by atoms with Crippen molar-refractivity contribution in [3.05, 3.63) is 0 Å². The van der Waals surface area contributed by atoms with Gasteiger partial charge >= 0.3 is 0 Å². The molecule has 0 amide bonds. The second kappa shape index (κ2) is 12.4. The highest BCUT2D eigenvalue weighted by atomic mass is 35.5. The van der Waals surface area contributed by atoms with Crippen LogP contribution in [0.1, 0.15) is 39.0 Å². The van der Waals surface area contributed by atoms with Gasteiger partial charge in [-0.05, 0) is 58.2 Å². The van der Waals surface area contributed by atoms with E-state index in [1.807, 2.05) is 4.90 Å².